The van der Waals surface area contributed by atoms with E-state index in [1.165, 1.54) is 0 Å². The number of nitrogens with zero attached hydrogens (tertiary/aromatic N) is 1. The molecule has 0 aliphatic carbocycles. The van der Waals surface area contributed by atoms with Crippen LogP contribution >= 0.6 is 0 Å². The van der Waals surface area contributed by atoms with Gasteiger partial charge in [-0.3, -0.25) is 0 Å². The van der Waals surface area contributed by atoms with Gasteiger partial charge >= 0.3 is 0 Å². The molecule has 2 rings (SSSR count). The van der Waals surface area contributed by atoms with Crippen LogP contribution in [0.2, 0.25) is 0 Å². The summed E-state index contributed by atoms with van der Waals surface area (Å²) in [6.45, 7) is 5.38. The van der Waals surface area contributed by atoms with Crippen molar-refractivity contribution in [1.82, 2.24) is 14.7 Å². The predicted molar refractivity (Wildman–Crippen MR) is 82.3 cm³/mol. The lowest BCUT2D eigenvalue weighted by atomic mass is 10.1. The number of nitrogens with one attached hydrogen (secondary N) is 2. The van der Waals surface area contributed by atoms with Gasteiger partial charge in [0.25, 0.3) is 0 Å². The van der Waals surface area contributed by atoms with Crippen LogP contribution in [0.4, 0.5) is 5.69 Å². The minimum absolute atomic E-state index is 0.279. The number of rotatable bonds is 5. The van der Waals surface area contributed by atoms with E-state index < -0.39 is 10.0 Å². The van der Waals surface area contributed by atoms with Crippen molar-refractivity contribution in [3.63, 3.8) is 0 Å². The standard InChI is InChI=1S/C14H20N4O2S/c1-4-12(14-16-5-6-17-14)18-21(19,20)13-9(2)7-11(15)8-10(13)3/h5-8,12,18H,4,15H2,1-3H3,(H,16,17). The minimum Gasteiger partial charge on any atom is -0.399 e. The van der Waals surface area contributed by atoms with Crippen molar-refractivity contribution in [2.45, 2.75) is 38.1 Å². The Kier molecular flexibility index (Phi) is 4.34. The molecule has 1 unspecified atom stereocenters. The number of aromatic amines is 1. The average molecular weight is 308 g/mol. The first-order valence-electron chi connectivity index (χ1n) is 6.73. The van der Waals surface area contributed by atoms with Gasteiger partial charge < -0.3 is 10.7 Å². The maximum absolute atomic E-state index is 12.7. The van der Waals surface area contributed by atoms with Crippen molar-refractivity contribution in [1.29, 1.82) is 0 Å². The number of benzene rings is 1. The largest absolute Gasteiger partial charge is 0.399 e. The summed E-state index contributed by atoms with van der Waals surface area (Å²) in [5.74, 6) is 0.604. The van der Waals surface area contributed by atoms with Gasteiger partial charge in [-0.05, 0) is 43.5 Å². The molecule has 1 aromatic heterocycles. The van der Waals surface area contributed by atoms with Crippen molar-refractivity contribution < 1.29 is 8.42 Å². The first-order chi connectivity index (χ1) is 9.85. The van der Waals surface area contributed by atoms with Crippen molar-refractivity contribution in [3.8, 4) is 0 Å². The molecule has 0 saturated carbocycles. The van der Waals surface area contributed by atoms with Crippen LogP contribution in [0.25, 0.3) is 0 Å². The number of imidazole rings is 1. The fraction of sp³-hybridized carbons (Fsp3) is 0.357. The molecular formula is C14H20N4O2S. The summed E-state index contributed by atoms with van der Waals surface area (Å²) >= 11 is 0. The zero-order chi connectivity index (χ0) is 15.6. The Morgan fingerprint density at radius 2 is 1.95 bits per heavy atom. The summed E-state index contributed by atoms with van der Waals surface area (Å²) in [7, 11) is -3.64. The van der Waals surface area contributed by atoms with E-state index in [9.17, 15) is 8.42 Å². The van der Waals surface area contributed by atoms with E-state index in [2.05, 4.69) is 14.7 Å². The molecule has 0 amide bonds. The lowest BCUT2D eigenvalue weighted by Crippen LogP contribution is -2.30. The molecule has 7 heteroatoms. The molecule has 0 aliphatic heterocycles. The Balaban J connectivity index is 2.39. The highest BCUT2D eigenvalue weighted by Gasteiger charge is 2.25. The van der Waals surface area contributed by atoms with Crippen LogP contribution in [0.5, 0.6) is 0 Å². The van der Waals surface area contributed by atoms with Crippen LogP contribution in [-0.2, 0) is 10.0 Å². The van der Waals surface area contributed by atoms with Gasteiger partial charge in [-0.15, -0.1) is 0 Å². The summed E-state index contributed by atoms with van der Waals surface area (Å²) in [6, 6.07) is 2.94. The van der Waals surface area contributed by atoms with Crippen LogP contribution < -0.4 is 10.5 Å². The van der Waals surface area contributed by atoms with E-state index in [0.29, 0.717) is 29.1 Å². The second-order valence-electron chi connectivity index (χ2n) is 5.04. The fourth-order valence-corrected chi connectivity index (χ4v) is 4.19. The number of hydrogen-bond donors (Lipinski definition) is 3. The van der Waals surface area contributed by atoms with Crippen LogP contribution in [0, 0.1) is 13.8 Å². The molecule has 0 fully saturated rings. The highest BCUT2D eigenvalue weighted by atomic mass is 32.2. The lowest BCUT2D eigenvalue weighted by Gasteiger charge is -2.18. The maximum Gasteiger partial charge on any atom is 0.241 e. The molecule has 4 N–H and O–H groups in total. The Labute approximate surface area is 124 Å². The Morgan fingerprint density at radius 3 is 2.43 bits per heavy atom. The van der Waals surface area contributed by atoms with Crippen LogP contribution in [-0.4, -0.2) is 18.4 Å². The highest BCUT2D eigenvalue weighted by molar-refractivity contribution is 7.89. The van der Waals surface area contributed by atoms with Gasteiger partial charge in [0.1, 0.15) is 5.82 Å². The van der Waals surface area contributed by atoms with Crippen molar-refractivity contribution in [2.24, 2.45) is 0 Å². The van der Waals surface area contributed by atoms with Gasteiger partial charge in [0, 0.05) is 18.1 Å². The zero-order valence-electron chi connectivity index (χ0n) is 12.3. The predicted octanol–water partition coefficient (Wildman–Crippen LogP) is 2.04. The molecule has 1 heterocycles. The van der Waals surface area contributed by atoms with Gasteiger partial charge in [-0.1, -0.05) is 6.92 Å². The molecule has 0 aliphatic rings. The number of anilines is 1. The Bertz CT molecular complexity index is 700. The minimum atomic E-state index is -3.64. The van der Waals surface area contributed by atoms with Gasteiger partial charge in [-0.2, -0.15) is 0 Å². The van der Waals surface area contributed by atoms with Crippen molar-refractivity contribution in [3.05, 3.63) is 41.5 Å². The van der Waals surface area contributed by atoms with E-state index >= 15 is 0 Å². The molecule has 2 aromatic rings. The SMILES string of the molecule is CCC(NS(=O)(=O)c1c(C)cc(N)cc1C)c1ncc[nH]1. The normalized spacial score (nSPS) is 13.3. The van der Waals surface area contributed by atoms with Crippen molar-refractivity contribution in [2.75, 3.05) is 5.73 Å². The van der Waals surface area contributed by atoms with Crippen LogP contribution in [0.15, 0.2) is 29.4 Å². The fourth-order valence-electron chi connectivity index (χ4n) is 2.45. The van der Waals surface area contributed by atoms with Gasteiger partial charge in [0.15, 0.2) is 0 Å². The molecule has 1 aromatic carbocycles. The number of nitrogen functional groups attached to an aromatic ring is 1. The van der Waals surface area contributed by atoms with Crippen molar-refractivity contribution >= 4 is 15.7 Å². The van der Waals surface area contributed by atoms with Gasteiger partial charge in [0.2, 0.25) is 10.0 Å². The van der Waals surface area contributed by atoms with Crippen LogP contribution in [0.1, 0.15) is 36.3 Å². The summed E-state index contributed by atoms with van der Waals surface area (Å²) in [6.07, 6.45) is 3.87. The summed E-state index contributed by atoms with van der Waals surface area (Å²) in [4.78, 5) is 7.34. The highest BCUT2D eigenvalue weighted by Crippen LogP contribution is 2.25. The molecule has 0 saturated heterocycles. The number of sulfonamides is 1. The molecule has 0 radical (unpaired) electrons. The summed E-state index contributed by atoms with van der Waals surface area (Å²) in [5, 5.41) is 0. The first-order valence-corrected chi connectivity index (χ1v) is 8.21. The number of aryl methyl sites for hydroxylation is 2. The topological polar surface area (TPSA) is 101 Å². The lowest BCUT2D eigenvalue weighted by molar-refractivity contribution is 0.538. The molecular weight excluding hydrogens is 288 g/mol. The monoisotopic (exact) mass is 308 g/mol. The van der Waals surface area contributed by atoms with E-state index in [1.807, 2.05) is 6.92 Å². The van der Waals surface area contributed by atoms with E-state index in [4.69, 9.17) is 5.73 Å². The third kappa shape index (κ3) is 3.25. The molecule has 114 valence electrons. The van der Waals surface area contributed by atoms with Gasteiger partial charge in [-0.25, -0.2) is 18.1 Å². The third-order valence-electron chi connectivity index (χ3n) is 3.31. The summed E-state index contributed by atoms with van der Waals surface area (Å²) < 4.78 is 28.0. The second kappa shape index (κ2) is 5.87. The van der Waals surface area contributed by atoms with E-state index in [1.54, 1.807) is 38.4 Å². The maximum atomic E-state index is 12.7. The summed E-state index contributed by atoms with van der Waals surface area (Å²) in [5.41, 5.74) is 7.57. The van der Waals surface area contributed by atoms with E-state index in [-0.39, 0.29) is 10.9 Å². The first kappa shape index (κ1) is 15.5. The molecule has 1 atom stereocenters. The quantitative estimate of drug-likeness (QED) is 0.736. The Hall–Kier alpha value is -1.86. The second-order valence-corrected chi connectivity index (χ2v) is 6.69. The molecule has 0 spiro atoms. The average Bonchev–Trinajstić information content (AvgIpc) is 2.87. The number of aromatic nitrogens is 2. The molecule has 6 nitrogen and oxygen atoms in total. The molecule has 21 heavy (non-hydrogen) atoms. The number of hydrogen-bond acceptors (Lipinski definition) is 4. The van der Waals surface area contributed by atoms with Crippen LogP contribution in [0.3, 0.4) is 0 Å². The number of H-pyrrole nitrogens is 1. The third-order valence-corrected chi connectivity index (χ3v) is 5.08. The number of nitrogens with two attached hydrogens (primary N) is 1. The Morgan fingerprint density at radius 1 is 1.33 bits per heavy atom. The van der Waals surface area contributed by atoms with E-state index in [0.717, 1.165) is 0 Å². The zero-order valence-corrected chi connectivity index (χ0v) is 13.2. The van der Waals surface area contributed by atoms with Gasteiger partial charge in [0.05, 0.1) is 10.9 Å². The molecule has 0 bridgehead atoms. The smallest absolute Gasteiger partial charge is 0.241 e.